The maximum absolute atomic E-state index is 12.5. The topological polar surface area (TPSA) is 79.6 Å². The number of anilines is 1. The molecule has 0 fully saturated rings. The van der Waals surface area contributed by atoms with E-state index >= 15 is 0 Å². The number of para-hydroxylation sites is 1. The molecule has 1 aromatic heterocycles. The molecule has 6 heteroatoms. The van der Waals surface area contributed by atoms with Crippen LogP contribution in [-0.4, -0.2) is 22.6 Å². The van der Waals surface area contributed by atoms with Crippen molar-refractivity contribution in [3.63, 3.8) is 0 Å². The summed E-state index contributed by atoms with van der Waals surface area (Å²) in [4.78, 5) is 38.3. The summed E-state index contributed by atoms with van der Waals surface area (Å²) < 4.78 is 5.76. The van der Waals surface area contributed by atoms with E-state index in [1.54, 1.807) is 42.5 Å². The molecule has 28 heavy (non-hydrogen) atoms. The second-order valence-electron chi connectivity index (χ2n) is 6.60. The van der Waals surface area contributed by atoms with Gasteiger partial charge in [0.05, 0.1) is 23.2 Å². The Balaban J connectivity index is 1.40. The molecule has 0 saturated carbocycles. The number of furan rings is 1. The van der Waals surface area contributed by atoms with Gasteiger partial charge in [-0.25, -0.2) is 0 Å². The van der Waals surface area contributed by atoms with Crippen LogP contribution in [-0.2, 0) is 11.3 Å². The third kappa shape index (κ3) is 2.46. The lowest BCUT2D eigenvalue weighted by molar-refractivity contribution is -0.110. The molecule has 0 atom stereocenters. The Kier molecular flexibility index (Phi) is 3.52. The van der Waals surface area contributed by atoms with Crippen molar-refractivity contribution in [3.8, 4) is 0 Å². The lowest BCUT2D eigenvalue weighted by atomic mass is 10.1. The third-order valence-electron chi connectivity index (χ3n) is 4.87. The first-order valence-corrected chi connectivity index (χ1v) is 8.78. The Labute approximate surface area is 160 Å². The van der Waals surface area contributed by atoms with Crippen LogP contribution in [0, 0.1) is 0 Å². The largest absolute Gasteiger partial charge is 0.460 e. The van der Waals surface area contributed by atoms with Gasteiger partial charge in [0.25, 0.3) is 17.7 Å². The van der Waals surface area contributed by atoms with Gasteiger partial charge in [-0.15, -0.1) is 0 Å². The van der Waals surface area contributed by atoms with E-state index in [1.165, 1.54) is 0 Å². The molecule has 3 amide bonds. The van der Waals surface area contributed by atoms with Crippen LogP contribution in [0.4, 0.5) is 5.69 Å². The lowest BCUT2D eigenvalue weighted by Crippen LogP contribution is -2.28. The van der Waals surface area contributed by atoms with Gasteiger partial charge in [-0.05, 0) is 36.4 Å². The van der Waals surface area contributed by atoms with E-state index in [4.69, 9.17) is 4.42 Å². The van der Waals surface area contributed by atoms with Crippen LogP contribution < -0.4 is 5.32 Å². The first kappa shape index (κ1) is 16.3. The fourth-order valence-electron chi connectivity index (χ4n) is 3.52. The fraction of sp³-hybridized carbons (Fsp3) is 0.0455. The van der Waals surface area contributed by atoms with E-state index in [0.29, 0.717) is 28.2 Å². The fourth-order valence-corrected chi connectivity index (χ4v) is 3.52. The van der Waals surface area contributed by atoms with Crippen LogP contribution in [0.25, 0.3) is 11.6 Å². The highest BCUT2D eigenvalue weighted by atomic mass is 16.3. The molecular formula is C22H14N2O4. The second kappa shape index (κ2) is 6.06. The average Bonchev–Trinajstić information content (AvgIpc) is 3.35. The van der Waals surface area contributed by atoms with Crippen LogP contribution in [0.15, 0.2) is 65.1 Å². The van der Waals surface area contributed by atoms with Gasteiger partial charge in [0.15, 0.2) is 0 Å². The Bertz CT molecular complexity index is 1150. The number of hydrogen-bond donors (Lipinski definition) is 1. The van der Waals surface area contributed by atoms with E-state index in [0.717, 1.165) is 16.2 Å². The maximum atomic E-state index is 12.5. The summed E-state index contributed by atoms with van der Waals surface area (Å²) in [5.41, 5.74) is 2.89. The minimum absolute atomic E-state index is 0.0400. The number of hydrogen-bond acceptors (Lipinski definition) is 4. The zero-order valence-corrected chi connectivity index (χ0v) is 14.6. The number of amides is 3. The van der Waals surface area contributed by atoms with Crippen molar-refractivity contribution in [3.05, 3.63) is 88.9 Å². The van der Waals surface area contributed by atoms with Gasteiger partial charge in [-0.2, -0.15) is 0 Å². The first-order valence-electron chi connectivity index (χ1n) is 8.78. The highest BCUT2D eigenvalue weighted by Gasteiger charge is 2.35. The number of carbonyl (C=O) groups excluding carboxylic acids is 3. The molecule has 2 aliphatic rings. The predicted molar refractivity (Wildman–Crippen MR) is 102 cm³/mol. The van der Waals surface area contributed by atoms with E-state index in [2.05, 4.69) is 5.32 Å². The zero-order valence-electron chi connectivity index (χ0n) is 14.6. The Morgan fingerprint density at radius 3 is 2.18 bits per heavy atom. The molecule has 0 spiro atoms. The molecule has 3 aromatic rings. The lowest BCUT2D eigenvalue weighted by Gasteiger charge is -2.11. The Hall–Kier alpha value is -3.93. The molecule has 3 heterocycles. The number of nitrogens with zero attached hydrogens (tertiary/aromatic N) is 1. The van der Waals surface area contributed by atoms with Crippen molar-refractivity contribution in [1.29, 1.82) is 0 Å². The maximum Gasteiger partial charge on any atom is 0.261 e. The summed E-state index contributed by atoms with van der Waals surface area (Å²) in [6, 6.07) is 17.6. The number of rotatable bonds is 3. The molecule has 5 rings (SSSR count). The van der Waals surface area contributed by atoms with Crippen LogP contribution in [0.5, 0.6) is 0 Å². The molecule has 2 aromatic carbocycles. The standard InChI is InChI=1S/C22H14N2O4/c25-20-18(15-5-3-4-8-19(15)23-20)11-13-9-10-14(28-13)12-24-21(26)16-6-1-2-7-17(16)22(24)27/h1-11H,12H2,(H,23,25). The minimum Gasteiger partial charge on any atom is -0.460 e. The number of carbonyl (C=O) groups is 3. The number of fused-ring (bicyclic) bond motifs is 2. The van der Waals surface area contributed by atoms with Gasteiger partial charge in [0.1, 0.15) is 11.5 Å². The molecular weight excluding hydrogens is 356 g/mol. The van der Waals surface area contributed by atoms with Gasteiger partial charge >= 0.3 is 0 Å². The molecule has 0 saturated heterocycles. The second-order valence-corrected chi connectivity index (χ2v) is 6.60. The Morgan fingerprint density at radius 2 is 1.46 bits per heavy atom. The summed E-state index contributed by atoms with van der Waals surface area (Å²) in [6.45, 7) is 0.0400. The monoisotopic (exact) mass is 370 g/mol. The third-order valence-corrected chi connectivity index (χ3v) is 4.87. The van der Waals surface area contributed by atoms with Crippen molar-refractivity contribution in [2.75, 3.05) is 5.32 Å². The molecule has 0 aliphatic carbocycles. The van der Waals surface area contributed by atoms with Crippen LogP contribution >= 0.6 is 0 Å². The first-order chi connectivity index (χ1) is 13.6. The van der Waals surface area contributed by atoms with Crippen LogP contribution in [0.1, 0.15) is 37.8 Å². The van der Waals surface area contributed by atoms with E-state index in [9.17, 15) is 14.4 Å². The van der Waals surface area contributed by atoms with Gasteiger partial charge < -0.3 is 9.73 Å². The van der Waals surface area contributed by atoms with Crippen molar-refractivity contribution >= 4 is 35.1 Å². The molecule has 2 aliphatic heterocycles. The summed E-state index contributed by atoms with van der Waals surface area (Å²) in [6.07, 6.45) is 1.66. The molecule has 0 bridgehead atoms. The number of imide groups is 1. The minimum atomic E-state index is -0.332. The molecule has 1 N–H and O–H groups in total. The summed E-state index contributed by atoms with van der Waals surface area (Å²) in [7, 11) is 0. The van der Waals surface area contributed by atoms with Gasteiger partial charge in [-0.1, -0.05) is 30.3 Å². The van der Waals surface area contributed by atoms with Crippen molar-refractivity contribution < 1.29 is 18.8 Å². The SMILES string of the molecule is O=C1Nc2ccccc2C1=Cc1ccc(CN2C(=O)c3ccccc3C2=O)o1. The van der Waals surface area contributed by atoms with Crippen molar-refractivity contribution in [2.24, 2.45) is 0 Å². The number of nitrogens with one attached hydrogen (secondary N) is 1. The summed E-state index contributed by atoms with van der Waals surface area (Å²) in [5, 5.41) is 2.81. The summed E-state index contributed by atoms with van der Waals surface area (Å²) >= 11 is 0. The molecule has 136 valence electrons. The molecule has 0 radical (unpaired) electrons. The van der Waals surface area contributed by atoms with Crippen LogP contribution in [0.2, 0.25) is 0 Å². The molecule has 6 nitrogen and oxygen atoms in total. The van der Waals surface area contributed by atoms with E-state index in [1.807, 2.05) is 24.3 Å². The van der Waals surface area contributed by atoms with Gasteiger partial charge in [-0.3, -0.25) is 19.3 Å². The van der Waals surface area contributed by atoms with Crippen molar-refractivity contribution in [2.45, 2.75) is 6.54 Å². The average molecular weight is 370 g/mol. The quantitative estimate of drug-likeness (QED) is 0.565. The van der Waals surface area contributed by atoms with E-state index < -0.39 is 0 Å². The highest BCUT2D eigenvalue weighted by molar-refractivity contribution is 6.34. The molecule has 0 unspecified atom stereocenters. The van der Waals surface area contributed by atoms with Gasteiger partial charge in [0.2, 0.25) is 0 Å². The normalized spacial score (nSPS) is 16.5. The van der Waals surface area contributed by atoms with E-state index in [-0.39, 0.29) is 24.3 Å². The number of benzene rings is 2. The van der Waals surface area contributed by atoms with Gasteiger partial charge in [0, 0.05) is 11.3 Å². The highest BCUT2D eigenvalue weighted by Crippen LogP contribution is 2.33. The Morgan fingerprint density at radius 1 is 0.821 bits per heavy atom. The zero-order chi connectivity index (χ0) is 19.3. The predicted octanol–water partition coefficient (Wildman–Crippen LogP) is 3.57. The van der Waals surface area contributed by atoms with Crippen molar-refractivity contribution in [1.82, 2.24) is 4.90 Å². The smallest absolute Gasteiger partial charge is 0.261 e. The summed E-state index contributed by atoms with van der Waals surface area (Å²) in [5.74, 6) is 0.0861. The van der Waals surface area contributed by atoms with Crippen LogP contribution in [0.3, 0.4) is 0 Å².